The Bertz CT molecular complexity index is 205. The predicted octanol–water partition coefficient (Wildman–Crippen LogP) is -0.402. The van der Waals surface area contributed by atoms with Crippen LogP contribution in [0.5, 0.6) is 0 Å². The maximum Gasteiger partial charge on any atom is 0.404 e. The van der Waals surface area contributed by atoms with Gasteiger partial charge in [-0.25, -0.2) is 14.6 Å². The number of carbonyl (C=O) groups is 1. The Hall–Kier alpha value is -0.970. The van der Waals surface area contributed by atoms with Gasteiger partial charge in [0.15, 0.2) is 0 Å². The molecule has 0 saturated carbocycles. The van der Waals surface area contributed by atoms with Gasteiger partial charge in [0.1, 0.15) is 0 Å². The monoisotopic (exact) mass is 268 g/mol. The Balaban J connectivity index is 3.39. The highest BCUT2D eigenvalue weighted by molar-refractivity contribution is 5.64. The lowest BCUT2D eigenvalue weighted by molar-refractivity contribution is -0.257. The molecule has 0 rings (SSSR count). The zero-order valence-corrected chi connectivity index (χ0v) is 10.0. The molecular formula is C9H20N2O7. The van der Waals surface area contributed by atoms with Gasteiger partial charge < -0.3 is 20.5 Å². The number of nitrogens with one attached hydrogen (secondary N) is 2. The van der Waals surface area contributed by atoms with Crippen LogP contribution in [0.1, 0.15) is 6.42 Å². The van der Waals surface area contributed by atoms with Crippen molar-refractivity contribution in [2.75, 3.05) is 39.5 Å². The van der Waals surface area contributed by atoms with E-state index in [2.05, 4.69) is 20.4 Å². The van der Waals surface area contributed by atoms with E-state index in [0.29, 0.717) is 19.6 Å². The van der Waals surface area contributed by atoms with Gasteiger partial charge in [-0.1, -0.05) is 0 Å². The van der Waals surface area contributed by atoms with Gasteiger partial charge >= 0.3 is 6.09 Å². The third kappa shape index (κ3) is 11.5. The first-order chi connectivity index (χ1) is 8.70. The second kappa shape index (κ2) is 12.5. The quantitative estimate of drug-likeness (QED) is 0.184. The van der Waals surface area contributed by atoms with E-state index < -0.39 is 6.09 Å². The second-order valence-electron chi connectivity index (χ2n) is 3.41. The molecule has 1 atom stereocenters. The van der Waals surface area contributed by atoms with E-state index in [9.17, 15) is 4.79 Å². The first-order valence-corrected chi connectivity index (χ1v) is 5.51. The van der Waals surface area contributed by atoms with Crippen LogP contribution in [-0.2, 0) is 14.5 Å². The highest BCUT2D eigenvalue weighted by Crippen LogP contribution is 1.92. The summed E-state index contributed by atoms with van der Waals surface area (Å²) in [6.45, 7) is 1.62. The minimum Gasteiger partial charge on any atom is -0.465 e. The number of hydrogen-bond acceptors (Lipinski definition) is 7. The Morgan fingerprint density at radius 3 is 2.44 bits per heavy atom. The van der Waals surface area contributed by atoms with Crippen LogP contribution in [0.25, 0.3) is 0 Å². The predicted molar refractivity (Wildman–Crippen MR) is 60.4 cm³/mol. The van der Waals surface area contributed by atoms with E-state index >= 15 is 0 Å². The van der Waals surface area contributed by atoms with Crippen molar-refractivity contribution in [2.24, 2.45) is 0 Å². The van der Waals surface area contributed by atoms with Gasteiger partial charge in [0.25, 0.3) is 0 Å². The smallest absolute Gasteiger partial charge is 0.404 e. The molecule has 5 N–H and O–H groups in total. The molecule has 0 fully saturated rings. The zero-order chi connectivity index (χ0) is 13.6. The third-order valence-electron chi connectivity index (χ3n) is 2.04. The minimum atomic E-state index is -1.08. The lowest BCUT2D eigenvalue weighted by Gasteiger charge is -2.16. The lowest BCUT2D eigenvalue weighted by Crippen LogP contribution is -2.37. The molecule has 9 nitrogen and oxygen atoms in total. The standard InChI is InChI=1S/C9H20N2O7/c12-9(13)11-3-6-16-5-2-10-8(7-18-15)1-4-17-14/h8,10-11,14-15H,1-7H2,(H,12,13). The molecule has 0 aliphatic carbocycles. The van der Waals surface area contributed by atoms with Crippen LogP contribution >= 0.6 is 0 Å². The van der Waals surface area contributed by atoms with Crippen LogP contribution < -0.4 is 10.6 Å². The fourth-order valence-electron chi connectivity index (χ4n) is 1.20. The fourth-order valence-corrected chi connectivity index (χ4v) is 1.20. The third-order valence-corrected chi connectivity index (χ3v) is 2.04. The molecule has 1 amide bonds. The van der Waals surface area contributed by atoms with Gasteiger partial charge in [0.05, 0.1) is 26.4 Å². The number of ether oxygens (including phenoxy) is 1. The first kappa shape index (κ1) is 17.0. The van der Waals surface area contributed by atoms with Crippen molar-refractivity contribution in [1.29, 1.82) is 0 Å². The van der Waals surface area contributed by atoms with Gasteiger partial charge in [-0.15, -0.1) is 0 Å². The summed E-state index contributed by atoms with van der Waals surface area (Å²) in [7, 11) is 0. The van der Waals surface area contributed by atoms with E-state index in [1.165, 1.54) is 0 Å². The first-order valence-electron chi connectivity index (χ1n) is 5.51. The molecule has 0 heterocycles. The summed E-state index contributed by atoms with van der Waals surface area (Å²) in [4.78, 5) is 18.0. The molecule has 0 bridgehead atoms. The van der Waals surface area contributed by atoms with Crippen molar-refractivity contribution in [2.45, 2.75) is 12.5 Å². The maximum absolute atomic E-state index is 10.1. The maximum atomic E-state index is 10.1. The van der Waals surface area contributed by atoms with Crippen molar-refractivity contribution in [1.82, 2.24) is 10.6 Å². The van der Waals surface area contributed by atoms with Gasteiger partial charge in [0, 0.05) is 19.1 Å². The number of amides is 1. The van der Waals surface area contributed by atoms with Crippen molar-refractivity contribution in [3.05, 3.63) is 0 Å². The highest BCUT2D eigenvalue weighted by atomic mass is 17.1. The van der Waals surface area contributed by atoms with E-state index in [1.54, 1.807) is 0 Å². The van der Waals surface area contributed by atoms with Crippen LogP contribution in [0.4, 0.5) is 4.79 Å². The van der Waals surface area contributed by atoms with Crippen molar-refractivity contribution < 1.29 is 34.9 Å². The summed E-state index contributed by atoms with van der Waals surface area (Å²) in [6, 6.07) is -0.164. The summed E-state index contributed by atoms with van der Waals surface area (Å²) >= 11 is 0. The summed E-state index contributed by atoms with van der Waals surface area (Å²) in [5.41, 5.74) is 0. The molecule has 0 saturated heterocycles. The molecule has 1 unspecified atom stereocenters. The molecule has 0 aliphatic rings. The van der Waals surface area contributed by atoms with Gasteiger partial charge in [-0.2, -0.15) is 0 Å². The van der Waals surface area contributed by atoms with Crippen LogP contribution in [0.15, 0.2) is 0 Å². The Labute approximate surface area is 105 Å². The summed E-state index contributed by atoms with van der Waals surface area (Å²) in [5, 5.41) is 30.0. The molecule has 0 spiro atoms. The molecule has 0 radical (unpaired) electrons. The Kier molecular flexibility index (Phi) is 11.8. The van der Waals surface area contributed by atoms with E-state index in [4.69, 9.17) is 20.4 Å². The average molecular weight is 268 g/mol. The summed E-state index contributed by atoms with van der Waals surface area (Å²) in [5.74, 6) is 0. The molecule has 0 aromatic heterocycles. The second-order valence-corrected chi connectivity index (χ2v) is 3.41. The Morgan fingerprint density at radius 2 is 1.83 bits per heavy atom. The summed E-state index contributed by atoms with van der Waals surface area (Å²) < 4.78 is 5.14. The molecule has 0 aromatic carbocycles. The van der Waals surface area contributed by atoms with Crippen LogP contribution in [-0.4, -0.2) is 67.3 Å². The molecule has 0 aromatic rings. The number of hydrogen-bond donors (Lipinski definition) is 5. The lowest BCUT2D eigenvalue weighted by atomic mass is 10.2. The molecule has 9 heteroatoms. The van der Waals surface area contributed by atoms with Gasteiger partial charge in [0.2, 0.25) is 0 Å². The van der Waals surface area contributed by atoms with Crippen molar-refractivity contribution >= 4 is 6.09 Å². The van der Waals surface area contributed by atoms with Crippen LogP contribution in [0.3, 0.4) is 0 Å². The Morgan fingerprint density at radius 1 is 1.11 bits per heavy atom. The fraction of sp³-hybridized carbons (Fsp3) is 0.889. The van der Waals surface area contributed by atoms with E-state index in [-0.39, 0.29) is 32.4 Å². The van der Waals surface area contributed by atoms with Crippen molar-refractivity contribution in [3.8, 4) is 0 Å². The van der Waals surface area contributed by atoms with E-state index in [0.717, 1.165) is 0 Å². The van der Waals surface area contributed by atoms with Crippen LogP contribution in [0, 0.1) is 0 Å². The molecule has 108 valence electrons. The van der Waals surface area contributed by atoms with Gasteiger partial charge in [-0.3, -0.25) is 10.5 Å². The topological polar surface area (TPSA) is 130 Å². The highest BCUT2D eigenvalue weighted by Gasteiger charge is 2.08. The number of carboxylic acid groups (broad SMARTS) is 1. The molecular weight excluding hydrogens is 248 g/mol. The molecule has 18 heavy (non-hydrogen) atoms. The minimum absolute atomic E-state index is 0.0733. The number of rotatable bonds is 12. The zero-order valence-electron chi connectivity index (χ0n) is 10.0. The van der Waals surface area contributed by atoms with Gasteiger partial charge in [-0.05, 0) is 6.42 Å². The SMILES string of the molecule is O=C(O)NCCOCCNC(CCOO)COO. The average Bonchev–Trinajstić information content (AvgIpc) is 2.34. The van der Waals surface area contributed by atoms with Crippen molar-refractivity contribution in [3.63, 3.8) is 0 Å². The normalized spacial score (nSPS) is 12.3. The molecule has 0 aliphatic heterocycles. The largest absolute Gasteiger partial charge is 0.465 e. The van der Waals surface area contributed by atoms with Crippen LogP contribution in [0.2, 0.25) is 0 Å². The summed E-state index contributed by atoms with van der Waals surface area (Å²) in [6.07, 6.45) is -0.613. The van der Waals surface area contributed by atoms with E-state index in [1.807, 2.05) is 0 Å².